The number of nitrogens with one attached hydrogen (secondary N) is 1. The maximum atomic E-state index is 5.87. The second-order valence-electron chi connectivity index (χ2n) is 4.24. The largest absolute Gasteiger partial charge is 0.474 e. The van der Waals surface area contributed by atoms with Crippen LogP contribution in [-0.4, -0.2) is 22.6 Å². The lowest BCUT2D eigenvalue weighted by Crippen LogP contribution is -2.12. The first kappa shape index (κ1) is 12.6. The average Bonchev–Trinajstić information content (AvgIpc) is 2.39. The third-order valence-electron chi connectivity index (χ3n) is 2.79. The van der Waals surface area contributed by atoms with Crippen molar-refractivity contribution in [3.05, 3.63) is 24.3 Å². The first-order chi connectivity index (χ1) is 8.74. The number of ether oxygens (including phenoxy) is 1. The molecule has 1 aromatic carbocycles. The summed E-state index contributed by atoms with van der Waals surface area (Å²) < 4.78 is 5.87. The Morgan fingerprint density at radius 3 is 2.72 bits per heavy atom. The van der Waals surface area contributed by atoms with Gasteiger partial charge in [0.2, 0.25) is 11.8 Å². The second kappa shape index (κ2) is 5.67. The Labute approximate surface area is 107 Å². The molecule has 18 heavy (non-hydrogen) atoms. The fourth-order valence-electron chi connectivity index (χ4n) is 1.65. The Morgan fingerprint density at radius 1 is 1.22 bits per heavy atom. The van der Waals surface area contributed by atoms with Crippen molar-refractivity contribution >= 4 is 16.9 Å². The zero-order chi connectivity index (χ0) is 13.0. The Balaban J connectivity index is 2.46. The minimum absolute atomic E-state index is 0.151. The van der Waals surface area contributed by atoms with E-state index in [2.05, 4.69) is 22.2 Å². The summed E-state index contributed by atoms with van der Waals surface area (Å²) in [5.41, 5.74) is 0.904. The normalized spacial score (nSPS) is 12.4. The summed E-state index contributed by atoms with van der Waals surface area (Å²) in [4.78, 5) is 8.89. The number of hydrogen-bond donors (Lipinski definition) is 1. The van der Waals surface area contributed by atoms with E-state index in [1.165, 1.54) is 0 Å². The molecule has 0 aliphatic heterocycles. The van der Waals surface area contributed by atoms with E-state index in [4.69, 9.17) is 4.74 Å². The van der Waals surface area contributed by atoms with Gasteiger partial charge in [0.05, 0.1) is 17.0 Å². The number of nitrogens with zero attached hydrogens (tertiary/aromatic N) is 2. The summed E-state index contributed by atoms with van der Waals surface area (Å²) in [6.07, 6.45) is 1.10. The van der Waals surface area contributed by atoms with Gasteiger partial charge in [-0.25, -0.2) is 4.98 Å². The number of fused-ring (bicyclic) bond motifs is 1. The highest BCUT2D eigenvalue weighted by Gasteiger charge is 2.10. The van der Waals surface area contributed by atoms with E-state index in [1.54, 1.807) is 0 Å². The smallest absolute Gasteiger partial charge is 0.226 e. The third kappa shape index (κ3) is 2.70. The summed E-state index contributed by atoms with van der Waals surface area (Å²) in [5, 5.41) is 4.09. The minimum atomic E-state index is 0.151. The Morgan fingerprint density at radius 2 is 2.00 bits per heavy atom. The van der Waals surface area contributed by atoms with Crippen LogP contribution in [-0.2, 0) is 0 Å². The highest BCUT2D eigenvalue weighted by atomic mass is 16.5. The molecule has 0 spiro atoms. The number of aromatic nitrogens is 2. The number of anilines is 1. The molecule has 1 atom stereocenters. The maximum Gasteiger partial charge on any atom is 0.226 e. The minimum Gasteiger partial charge on any atom is -0.474 e. The van der Waals surface area contributed by atoms with Crippen LogP contribution in [0.5, 0.6) is 5.88 Å². The van der Waals surface area contributed by atoms with Gasteiger partial charge in [0.25, 0.3) is 0 Å². The molecule has 2 aromatic rings. The van der Waals surface area contributed by atoms with Crippen LogP contribution in [0.2, 0.25) is 0 Å². The summed E-state index contributed by atoms with van der Waals surface area (Å²) in [5.74, 6) is 1.28. The van der Waals surface area contributed by atoms with E-state index >= 15 is 0 Å². The van der Waals surface area contributed by atoms with E-state index in [1.807, 2.05) is 38.1 Å². The second-order valence-corrected chi connectivity index (χ2v) is 4.24. The van der Waals surface area contributed by atoms with Gasteiger partial charge in [0.15, 0.2) is 0 Å². The summed E-state index contributed by atoms with van der Waals surface area (Å²) >= 11 is 0. The van der Waals surface area contributed by atoms with Crippen molar-refractivity contribution in [2.24, 2.45) is 0 Å². The van der Waals surface area contributed by atoms with Crippen LogP contribution in [0.4, 0.5) is 5.95 Å². The maximum absolute atomic E-state index is 5.87. The SMILES string of the molecule is CCNc1nc(OC(C)CC)c2ccccc2n1. The lowest BCUT2D eigenvalue weighted by Gasteiger charge is -2.14. The number of benzene rings is 1. The quantitative estimate of drug-likeness (QED) is 0.878. The molecule has 0 fully saturated rings. The first-order valence-corrected chi connectivity index (χ1v) is 6.41. The van der Waals surface area contributed by atoms with Crippen molar-refractivity contribution < 1.29 is 4.74 Å². The number of hydrogen-bond acceptors (Lipinski definition) is 4. The number of rotatable bonds is 5. The topological polar surface area (TPSA) is 47.0 Å². The van der Waals surface area contributed by atoms with Crippen molar-refractivity contribution in [2.45, 2.75) is 33.3 Å². The molecule has 4 nitrogen and oxygen atoms in total. The Hall–Kier alpha value is -1.84. The van der Waals surface area contributed by atoms with Crippen LogP contribution in [0.25, 0.3) is 10.9 Å². The standard InChI is InChI=1S/C14H19N3O/c1-4-10(3)18-13-11-8-6-7-9-12(11)16-14(17-13)15-5-2/h6-10H,4-5H2,1-3H3,(H,15,16,17). The molecule has 96 valence electrons. The summed E-state index contributed by atoms with van der Waals surface area (Å²) in [7, 11) is 0. The zero-order valence-corrected chi connectivity index (χ0v) is 11.1. The summed E-state index contributed by atoms with van der Waals surface area (Å²) in [6, 6.07) is 7.91. The van der Waals surface area contributed by atoms with E-state index < -0.39 is 0 Å². The molecule has 0 bridgehead atoms. The van der Waals surface area contributed by atoms with Gasteiger partial charge >= 0.3 is 0 Å². The molecule has 1 N–H and O–H groups in total. The molecule has 1 unspecified atom stereocenters. The predicted octanol–water partition coefficient (Wildman–Crippen LogP) is 3.24. The monoisotopic (exact) mass is 245 g/mol. The highest BCUT2D eigenvalue weighted by molar-refractivity contribution is 5.84. The molecule has 0 saturated carbocycles. The van der Waals surface area contributed by atoms with Gasteiger partial charge in [-0.15, -0.1) is 0 Å². The van der Waals surface area contributed by atoms with Crippen LogP contribution in [0, 0.1) is 0 Å². The molecule has 0 radical (unpaired) electrons. The molecule has 0 aliphatic carbocycles. The summed E-state index contributed by atoms with van der Waals surface area (Å²) in [6.45, 7) is 6.96. The Kier molecular flexibility index (Phi) is 3.97. The average molecular weight is 245 g/mol. The van der Waals surface area contributed by atoms with Crippen molar-refractivity contribution in [1.82, 2.24) is 9.97 Å². The van der Waals surface area contributed by atoms with Gasteiger partial charge in [0.1, 0.15) is 0 Å². The molecule has 4 heteroatoms. The van der Waals surface area contributed by atoms with Crippen LogP contribution in [0.15, 0.2) is 24.3 Å². The van der Waals surface area contributed by atoms with E-state index in [0.29, 0.717) is 11.8 Å². The van der Waals surface area contributed by atoms with Crippen molar-refractivity contribution in [3.8, 4) is 5.88 Å². The van der Waals surface area contributed by atoms with Crippen LogP contribution < -0.4 is 10.1 Å². The molecule has 1 heterocycles. The lowest BCUT2D eigenvalue weighted by molar-refractivity contribution is 0.212. The van der Waals surface area contributed by atoms with Gasteiger partial charge in [0, 0.05) is 6.54 Å². The van der Waals surface area contributed by atoms with E-state index in [0.717, 1.165) is 23.9 Å². The molecule has 1 aromatic heterocycles. The predicted molar refractivity (Wildman–Crippen MR) is 74.1 cm³/mol. The fourth-order valence-corrected chi connectivity index (χ4v) is 1.65. The van der Waals surface area contributed by atoms with Crippen molar-refractivity contribution in [1.29, 1.82) is 0 Å². The van der Waals surface area contributed by atoms with Gasteiger partial charge in [-0.3, -0.25) is 0 Å². The molecule has 0 amide bonds. The van der Waals surface area contributed by atoms with E-state index in [-0.39, 0.29) is 6.10 Å². The van der Waals surface area contributed by atoms with Crippen LogP contribution >= 0.6 is 0 Å². The van der Waals surface area contributed by atoms with Gasteiger partial charge in [-0.2, -0.15) is 4.98 Å². The van der Waals surface area contributed by atoms with E-state index in [9.17, 15) is 0 Å². The van der Waals surface area contributed by atoms with Gasteiger partial charge < -0.3 is 10.1 Å². The lowest BCUT2D eigenvalue weighted by atomic mass is 10.2. The molecule has 0 aliphatic rings. The van der Waals surface area contributed by atoms with Crippen molar-refractivity contribution in [3.63, 3.8) is 0 Å². The molecular formula is C14H19N3O. The first-order valence-electron chi connectivity index (χ1n) is 6.41. The van der Waals surface area contributed by atoms with Gasteiger partial charge in [-0.1, -0.05) is 19.1 Å². The van der Waals surface area contributed by atoms with Crippen LogP contribution in [0.3, 0.4) is 0 Å². The fraction of sp³-hybridized carbons (Fsp3) is 0.429. The van der Waals surface area contributed by atoms with Crippen molar-refractivity contribution in [2.75, 3.05) is 11.9 Å². The zero-order valence-electron chi connectivity index (χ0n) is 11.1. The molecule has 0 saturated heterocycles. The third-order valence-corrected chi connectivity index (χ3v) is 2.79. The molecular weight excluding hydrogens is 226 g/mol. The molecule has 2 rings (SSSR count). The highest BCUT2D eigenvalue weighted by Crippen LogP contribution is 2.24. The Bertz CT molecular complexity index is 527. The van der Waals surface area contributed by atoms with Crippen LogP contribution in [0.1, 0.15) is 27.2 Å². The van der Waals surface area contributed by atoms with Gasteiger partial charge in [-0.05, 0) is 32.4 Å². The number of para-hydroxylation sites is 1.